The number of benzene rings is 1. The Morgan fingerprint density at radius 1 is 1.28 bits per heavy atom. The van der Waals surface area contributed by atoms with Crippen molar-refractivity contribution in [3.63, 3.8) is 0 Å². The summed E-state index contributed by atoms with van der Waals surface area (Å²) in [6.45, 7) is 0. The van der Waals surface area contributed by atoms with Crippen LogP contribution in [0.15, 0.2) is 28.7 Å². The van der Waals surface area contributed by atoms with E-state index in [4.69, 9.17) is 4.74 Å². The minimum Gasteiger partial charge on any atom is -0.485 e. The number of carbonyl (C=O) groups is 1. The molecular formula is C16H17F3O5S. The van der Waals surface area contributed by atoms with E-state index in [9.17, 15) is 31.5 Å². The molecule has 1 aromatic carbocycles. The number of rotatable bonds is 6. The molecule has 1 N–H and O–H groups in total. The maximum Gasteiger partial charge on any atom is 0.389 e. The lowest BCUT2D eigenvalue weighted by Gasteiger charge is -2.25. The molecule has 0 spiro atoms. The van der Waals surface area contributed by atoms with E-state index in [1.54, 1.807) is 0 Å². The Bertz CT molecular complexity index is 796. The Balaban J connectivity index is 2.18. The van der Waals surface area contributed by atoms with Crippen molar-refractivity contribution in [3.05, 3.63) is 29.3 Å². The first kappa shape index (κ1) is 19.3. The van der Waals surface area contributed by atoms with Crippen LogP contribution in [0, 0.1) is 0 Å². The number of halogens is 3. The van der Waals surface area contributed by atoms with Gasteiger partial charge in [0.05, 0.1) is 10.5 Å². The normalized spacial score (nSPS) is 17.4. The zero-order valence-corrected chi connectivity index (χ0v) is 14.2. The molecule has 1 aliphatic heterocycles. The van der Waals surface area contributed by atoms with Crippen LogP contribution in [-0.2, 0) is 14.6 Å². The van der Waals surface area contributed by atoms with Crippen LogP contribution in [0.1, 0.15) is 31.2 Å². The van der Waals surface area contributed by atoms with Crippen molar-refractivity contribution in [1.82, 2.24) is 0 Å². The van der Waals surface area contributed by atoms with E-state index in [-0.39, 0.29) is 29.7 Å². The van der Waals surface area contributed by atoms with Crippen LogP contribution in [0.3, 0.4) is 0 Å². The molecule has 0 bridgehead atoms. The first-order chi connectivity index (χ1) is 11.5. The van der Waals surface area contributed by atoms with Crippen molar-refractivity contribution in [2.75, 3.05) is 6.26 Å². The summed E-state index contributed by atoms with van der Waals surface area (Å²) in [5.74, 6) is -0.950. The largest absolute Gasteiger partial charge is 0.485 e. The molecule has 0 radical (unpaired) electrons. The maximum absolute atomic E-state index is 12.2. The Morgan fingerprint density at radius 3 is 2.52 bits per heavy atom. The highest BCUT2D eigenvalue weighted by Gasteiger charge is 2.29. The summed E-state index contributed by atoms with van der Waals surface area (Å²) < 4.78 is 65.3. The molecule has 1 unspecified atom stereocenters. The average molecular weight is 378 g/mol. The molecule has 2 rings (SSSR count). The van der Waals surface area contributed by atoms with Crippen molar-refractivity contribution < 1.29 is 36.2 Å². The van der Waals surface area contributed by atoms with E-state index < -0.39 is 34.5 Å². The molecule has 0 amide bonds. The summed E-state index contributed by atoms with van der Waals surface area (Å²) in [5.41, 5.74) is 0.206. The van der Waals surface area contributed by atoms with E-state index in [1.165, 1.54) is 24.3 Å². The van der Waals surface area contributed by atoms with Gasteiger partial charge in [-0.3, -0.25) is 0 Å². The maximum atomic E-state index is 12.2. The van der Waals surface area contributed by atoms with Gasteiger partial charge in [0.1, 0.15) is 11.9 Å². The second kappa shape index (κ2) is 7.07. The summed E-state index contributed by atoms with van der Waals surface area (Å²) in [6.07, 6.45) is -3.53. The number of alkyl halides is 3. The van der Waals surface area contributed by atoms with Crippen LogP contribution in [-0.4, -0.2) is 38.0 Å². The number of unbranched alkanes of at least 4 members (excludes halogenated alkanes) is 1. The lowest BCUT2D eigenvalue weighted by atomic mass is 9.97. The minimum atomic E-state index is -4.24. The van der Waals surface area contributed by atoms with E-state index in [0.717, 1.165) is 6.26 Å². The summed E-state index contributed by atoms with van der Waals surface area (Å²) in [6, 6.07) is 4.07. The molecule has 0 saturated carbocycles. The molecule has 0 fully saturated rings. The molecule has 1 atom stereocenters. The molecule has 0 aliphatic carbocycles. The molecule has 0 aromatic heterocycles. The molecule has 1 aromatic rings. The first-order valence-electron chi connectivity index (χ1n) is 7.50. The van der Waals surface area contributed by atoms with Crippen molar-refractivity contribution in [1.29, 1.82) is 0 Å². The molecule has 0 saturated heterocycles. The second-order valence-corrected chi connectivity index (χ2v) is 7.86. The predicted molar refractivity (Wildman–Crippen MR) is 84.1 cm³/mol. The lowest BCUT2D eigenvalue weighted by Crippen LogP contribution is -2.27. The fraction of sp³-hybridized carbons (Fsp3) is 0.438. The number of sulfone groups is 1. The summed E-state index contributed by atoms with van der Waals surface area (Å²) in [7, 11) is -3.46. The molecule has 25 heavy (non-hydrogen) atoms. The molecule has 1 heterocycles. The highest BCUT2D eigenvalue weighted by atomic mass is 32.2. The zero-order valence-electron chi connectivity index (χ0n) is 13.3. The predicted octanol–water partition coefficient (Wildman–Crippen LogP) is 3.44. The van der Waals surface area contributed by atoms with Crippen LogP contribution in [0.5, 0.6) is 5.75 Å². The van der Waals surface area contributed by atoms with Crippen LogP contribution in [0.2, 0.25) is 0 Å². The molecule has 138 valence electrons. The highest BCUT2D eigenvalue weighted by molar-refractivity contribution is 7.90. The van der Waals surface area contributed by atoms with Crippen molar-refractivity contribution in [2.45, 2.75) is 42.9 Å². The molecule has 5 nitrogen and oxygen atoms in total. The van der Waals surface area contributed by atoms with Crippen LogP contribution in [0.4, 0.5) is 13.2 Å². The first-order valence-corrected chi connectivity index (χ1v) is 9.39. The van der Waals surface area contributed by atoms with Gasteiger partial charge < -0.3 is 9.84 Å². The topological polar surface area (TPSA) is 80.7 Å². The third-order valence-electron chi connectivity index (χ3n) is 3.76. The van der Waals surface area contributed by atoms with Gasteiger partial charge in [0.15, 0.2) is 9.84 Å². The van der Waals surface area contributed by atoms with Gasteiger partial charge in [0.2, 0.25) is 0 Å². The third kappa shape index (κ3) is 5.22. The Hall–Kier alpha value is -2.03. The van der Waals surface area contributed by atoms with Crippen LogP contribution < -0.4 is 4.74 Å². The smallest absolute Gasteiger partial charge is 0.389 e. The number of hydrogen-bond donors (Lipinski definition) is 1. The minimum absolute atomic E-state index is 0.0273. The van der Waals surface area contributed by atoms with E-state index >= 15 is 0 Å². The SMILES string of the molecule is CS(=O)(=O)c1ccc2c(c1)C=C(C(=O)O)C(CCCCC(F)(F)F)O2. The van der Waals surface area contributed by atoms with Crippen LogP contribution in [0.25, 0.3) is 6.08 Å². The van der Waals surface area contributed by atoms with Gasteiger partial charge in [0.25, 0.3) is 0 Å². The Labute approximate surface area is 143 Å². The molecule has 1 aliphatic rings. The number of hydrogen-bond acceptors (Lipinski definition) is 4. The number of fused-ring (bicyclic) bond motifs is 1. The van der Waals surface area contributed by atoms with Gasteiger partial charge in [-0.15, -0.1) is 0 Å². The van der Waals surface area contributed by atoms with Gasteiger partial charge in [-0.25, -0.2) is 13.2 Å². The van der Waals surface area contributed by atoms with Gasteiger partial charge in [-0.1, -0.05) is 0 Å². The van der Waals surface area contributed by atoms with Crippen molar-refractivity contribution >= 4 is 21.9 Å². The number of carboxylic acid groups (broad SMARTS) is 1. The number of ether oxygens (including phenoxy) is 1. The summed E-state index contributed by atoms with van der Waals surface area (Å²) in [5, 5.41) is 9.30. The summed E-state index contributed by atoms with van der Waals surface area (Å²) >= 11 is 0. The quantitative estimate of drug-likeness (QED) is 0.767. The number of carboxylic acids is 1. The Morgan fingerprint density at radius 2 is 1.96 bits per heavy atom. The molecule has 9 heteroatoms. The van der Waals surface area contributed by atoms with Gasteiger partial charge >= 0.3 is 12.1 Å². The van der Waals surface area contributed by atoms with E-state index in [2.05, 4.69) is 0 Å². The standard InChI is InChI=1S/C16H17F3O5S/c1-25(22,23)11-5-6-13-10(8-11)9-12(15(20)21)14(24-13)4-2-3-7-16(17,18)19/h5-6,8-9,14H,2-4,7H2,1H3,(H,20,21). The monoisotopic (exact) mass is 378 g/mol. The zero-order chi connectivity index (χ0) is 18.8. The second-order valence-electron chi connectivity index (χ2n) is 5.84. The summed E-state index contributed by atoms with van der Waals surface area (Å²) in [4.78, 5) is 11.4. The van der Waals surface area contributed by atoms with Gasteiger partial charge in [0, 0.05) is 18.2 Å². The van der Waals surface area contributed by atoms with Gasteiger partial charge in [-0.2, -0.15) is 13.2 Å². The number of aliphatic carboxylic acids is 1. The third-order valence-corrected chi connectivity index (χ3v) is 4.87. The van der Waals surface area contributed by atoms with E-state index in [1.807, 2.05) is 0 Å². The van der Waals surface area contributed by atoms with Gasteiger partial charge in [-0.05, 0) is 43.5 Å². The molecular weight excluding hydrogens is 361 g/mol. The lowest BCUT2D eigenvalue weighted by molar-refractivity contribution is -0.136. The van der Waals surface area contributed by atoms with Crippen LogP contribution >= 0.6 is 0 Å². The fourth-order valence-electron chi connectivity index (χ4n) is 2.52. The highest BCUT2D eigenvalue weighted by Crippen LogP contribution is 2.34. The fourth-order valence-corrected chi connectivity index (χ4v) is 3.18. The van der Waals surface area contributed by atoms with Crippen molar-refractivity contribution in [2.24, 2.45) is 0 Å². The average Bonchev–Trinajstić information content (AvgIpc) is 2.48. The van der Waals surface area contributed by atoms with E-state index in [0.29, 0.717) is 11.3 Å². The van der Waals surface area contributed by atoms with Crippen molar-refractivity contribution in [3.8, 4) is 5.75 Å². The Kier molecular flexibility index (Phi) is 5.46.